The number of hydrogen-bond acceptors (Lipinski definition) is 4. The first-order chi connectivity index (χ1) is 38.6. The van der Waals surface area contributed by atoms with Crippen molar-refractivity contribution in [1.82, 2.24) is 14.1 Å². The van der Waals surface area contributed by atoms with Crippen LogP contribution in [0.4, 0.5) is 22.7 Å². The van der Waals surface area contributed by atoms with Crippen LogP contribution in [0.15, 0.2) is 237 Å². The highest BCUT2D eigenvalue weighted by Crippen LogP contribution is 2.66. The molecule has 4 heterocycles. The molecule has 1 aliphatic heterocycles. The SMILES string of the molecule is c1cc(Oc2ccc3c4ccccc4n(-c4cc(C5(c6cccc7c6ccc6ccccc67)C6CC7CC(C6)CC5C7)ccn4)c3c2)cc(N2CN(c3ccc(-n4c5ccccc5c5ccccc54)cc3)c3ccccc32)c1. The maximum absolute atomic E-state index is 6.93. The summed E-state index contributed by atoms with van der Waals surface area (Å²) in [6.45, 7) is 0.664. The molecule has 4 aliphatic carbocycles. The predicted molar refractivity (Wildman–Crippen MR) is 321 cm³/mol. The Kier molecular flexibility index (Phi) is 9.56. The third-order valence-electron chi connectivity index (χ3n) is 18.9. The van der Waals surface area contributed by atoms with E-state index in [0.29, 0.717) is 18.5 Å². The van der Waals surface area contributed by atoms with Crippen LogP contribution in [-0.2, 0) is 5.41 Å². The summed E-state index contributed by atoms with van der Waals surface area (Å²) in [5.74, 6) is 5.35. The van der Waals surface area contributed by atoms with Gasteiger partial charge in [0.2, 0.25) is 0 Å². The lowest BCUT2D eigenvalue weighted by Crippen LogP contribution is -2.56. The van der Waals surface area contributed by atoms with Crippen LogP contribution in [0.1, 0.15) is 43.2 Å². The molecule has 6 heteroatoms. The minimum Gasteiger partial charge on any atom is -0.457 e. The van der Waals surface area contributed by atoms with Crippen LogP contribution in [0.5, 0.6) is 11.5 Å². The van der Waals surface area contributed by atoms with Gasteiger partial charge in [-0.15, -0.1) is 0 Å². The van der Waals surface area contributed by atoms with Crippen molar-refractivity contribution in [2.24, 2.45) is 23.7 Å². The molecule has 3 aromatic heterocycles. The fourth-order valence-corrected chi connectivity index (χ4v) is 15.9. The Morgan fingerprint density at radius 2 is 0.949 bits per heavy atom. The van der Waals surface area contributed by atoms with Crippen molar-refractivity contribution in [3.63, 3.8) is 0 Å². The third-order valence-corrected chi connectivity index (χ3v) is 18.9. The van der Waals surface area contributed by atoms with E-state index in [1.807, 2.05) is 0 Å². The number of hydrogen-bond donors (Lipinski definition) is 0. The smallest absolute Gasteiger partial charge is 0.137 e. The minimum atomic E-state index is -0.114. The van der Waals surface area contributed by atoms with Crippen LogP contribution in [0, 0.1) is 23.7 Å². The van der Waals surface area contributed by atoms with E-state index in [2.05, 4.69) is 256 Å². The Bertz CT molecular complexity index is 4480. The van der Waals surface area contributed by atoms with Crippen molar-refractivity contribution in [3.05, 3.63) is 248 Å². The summed E-state index contributed by atoms with van der Waals surface area (Å²) in [4.78, 5) is 10.1. The van der Waals surface area contributed by atoms with Crippen LogP contribution in [0.2, 0.25) is 0 Å². The lowest BCUT2D eigenvalue weighted by molar-refractivity contribution is -0.0412. The molecule has 0 saturated heterocycles. The van der Waals surface area contributed by atoms with Crippen LogP contribution >= 0.6 is 0 Å². The zero-order valence-corrected chi connectivity index (χ0v) is 43.2. The Balaban J connectivity index is 0.721. The second kappa shape index (κ2) is 16.9. The van der Waals surface area contributed by atoms with E-state index in [0.717, 1.165) is 62.9 Å². The molecule has 0 unspecified atom stereocenters. The number of ether oxygens (including phenoxy) is 1. The third kappa shape index (κ3) is 6.46. The number of aromatic nitrogens is 3. The van der Waals surface area contributed by atoms with Gasteiger partial charge in [-0.05, 0) is 179 Å². The highest BCUT2D eigenvalue weighted by atomic mass is 16.5. The molecule has 4 fully saturated rings. The predicted octanol–water partition coefficient (Wildman–Crippen LogP) is 18.4. The molecule has 78 heavy (non-hydrogen) atoms. The van der Waals surface area contributed by atoms with Gasteiger partial charge >= 0.3 is 0 Å². The standard InChI is InChI=1S/C72H55N5O/c1-2-16-57-48(13-1)27-33-59-58(57)20-12-21-64(59)72(50-38-46-37-47(40-50)41-51(72)39-46)49-35-36-73-71(42-49)77-67-24-8-5-19-62(67)63-34-32-56(44-70(63)77)78-55-15-11-14-54(43-55)75-45-74(68-25-9-10-26-69(68)75)52-28-30-53(31-29-52)76-65-22-6-3-17-60(65)61-18-4-7-23-66(61)76/h1-36,42-44,46-47,50-51H,37-41,45H2. The molecular weight excluding hydrogens is 951 g/mol. The first kappa shape index (κ1) is 44.0. The monoisotopic (exact) mass is 1010 g/mol. The van der Waals surface area contributed by atoms with Gasteiger partial charge in [-0.25, -0.2) is 4.98 Å². The van der Waals surface area contributed by atoms with E-state index in [1.165, 1.54) is 103 Å². The van der Waals surface area contributed by atoms with Crippen molar-refractivity contribution in [2.75, 3.05) is 16.5 Å². The number of benzene rings is 10. The zero-order chi connectivity index (χ0) is 51.1. The van der Waals surface area contributed by atoms with E-state index in [4.69, 9.17) is 9.72 Å². The summed E-state index contributed by atoms with van der Waals surface area (Å²) in [6, 6.07) is 84.8. The molecule has 4 saturated carbocycles. The van der Waals surface area contributed by atoms with Gasteiger partial charge in [0.05, 0.1) is 33.4 Å². The molecule has 0 N–H and O–H groups in total. The van der Waals surface area contributed by atoms with Gasteiger partial charge < -0.3 is 19.1 Å². The number of pyridine rings is 1. The summed E-state index contributed by atoms with van der Waals surface area (Å²) < 4.78 is 11.7. The van der Waals surface area contributed by atoms with Gasteiger partial charge in [-0.3, -0.25) is 4.57 Å². The highest BCUT2D eigenvalue weighted by Gasteiger charge is 2.59. The average Bonchev–Trinajstić information content (AvgIpc) is 4.28. The topological polar surface area (TPSA) is 38.5 Å². The molecule has 6 nitrogen and oxygen atoms in total. The van der Waals surface area contributed by atoms with E-state index in [-0.39, 0.29) is 5.41 Å². The van der Waals surface area contributed by atoms with Crippen molar-refractivity contribution in [1.29, 1.82) is 0 Å². The maximum Gasteiger partial charge on any atom is 0.137 e. The Morgan fingerprint density at radius 1 is 0.385 bits per heavy atom. The molecule has 0 atom stereocenters. The summed E-state index contributed by atoms with van der Waals surface area (Å²) in [7, 11) is 0. The zero-order valence-electron chi connectivity index (χ0n) is 43.2. The summed E-state index contributed by atoms with van der Waals surface area (Å²) in [5, 5.41) is 10.3. The summed E-state index contributed by atoms with van der Waals surface area (Å²) >= 11 is 0. The van der Waals surface area contributed by atoms with Crippen LogP contribution in [0.25, 0.3) is 76.7 Å². The van der Waals surface area contributed by atoms with Crippen molar-refractivity contribution < 1.29 is 4.74 Å². The molecule has 18 rings (SSSR count). The van der Waals surface area contributed by atoms with Crippen molar-refractivity contribution in [2.45, 2.75) is 37.5 Å². The van der Waals surface area contributed by atoms with Gasteiger partial charge in [-0.2, -0.15) is 0 Å². The largest absolute Gasteiger partial charge is 0.457 e. The minimum absolute atomic E-state index is 0.114. The molecule has 5 aliphatic rings. The van der Waals surface area contributed by atoms with Gasteiger partial charge in [0.1, 0.15) is 24.0 Å². The highest BCUT2D eigenvalue weighted by molar-refractivity contribution is 6.11. The second-order valence-electron chi connectivity index (χ2n) is 22.8. The van der Waals surface area contributed by atoms with E-state index >= 15 is 0 Å². The van der Waals surface area contributed by atoms with Crippen LogP contribution < -0.4 is 14.5 Å². The first-order valence-electron chi connectivity index (χ1n) is 28.0. The van der Waals surface area contributed by atoms with Crippen molar-refractivity contribution >= 4 is 87.9 Å². The molecule has 10 aromatic carbocycles. The molecule has 0 radical (unpaired) electrons. The van der Waals surface area contributed by atoms with Crippen molar-refractivity contribution in [3.8, 4) is 23.0 Å². The number of anilines is 4. The fraction of sp³-hybridized carbons (Fsp3) is 0.153. The molecule has 0 amide bonds. The average molecular weight is 1010 g/mol. The second-order valence-corrected chi connectivity index (χ2v) is 22.8. The lowest BCUT2D eigenvalue weighted by atomic mass is 9.42. The number of nitrogens with zero attached hydrogens (tertiary/aromatic N) is 5. The normalized spacial score (nSPS) is 20.5. The van der Waals surface area contributed by atoms with Crippen LogP contribution in [0.3, 0.4) is 0 Å². The van der Waals surface area contributed by atoms with E-state index < -0.39 is 0 Å². The number of rotatable bonds is 8. The fourth-order valence-electron chi connectivity index (χ4n) is 15.9. The quantitative estimate of drug-likeness (QED) is 0.142. The van der Waals surface area contributed by atoms with E-state index in [1.54, 1.807) is 0 Å². The lowest BCUT2D eigenvalue weighted by Gasteiger charge is -2.62. The first-order valence-corrected chi connectivity index (χ1v) is 28.0. The molecule has 13 aromatic rings. The Hall–Kier alpha value is -9.13. The summed E-state index contributed by atoms with van der Waals surface area (Å²) in [6.07, 6.45) is 8.71. The van der Waals surface area contributed by atoms with Gasteiger partial charge in [0.25, 0.3) is 0 Å². The van der Waals surface area contributed by atoms with Gasteiger partial charge in [-0.1, -0.05) is 127 Å². The molecule has 4 bridgehead atoms. The molecule has 374 valence electrons. The maximum atomic E-state index is 6.93. The van der Waals surface area contributed by atoms with Gasteiger partial charge in [0, 0.05) is 62.4 Å². The Morgan fingerprint density at radius 3 is 1.67 bits per heavy atom. The Labute approximate surface area is 453 Å². The number of para-hydroxylation sites is 5. The molecular formula is C72H55N5O. The molecule has 0 spiro atoms. The van der Waals surface area contributed by atoms with Gasteiger partial charge in [0.15, 0.2) is 0 Å². The summed E-state index contributed by atoms with van der Waals surface area (Å²) in [5.41, 5.74) is 13.1. The van der Waals surface area contributed by atoms with Crippen LogP contribution in [-0.4, -0.2) is 20.8 Å². The number of fused-ring (bicyclic) bond motifs is 10. The van der Waals surface area contributed by atoms with E-state index in [9.17, 15) is 0 Å².